The summed E-state index contributed by atoms with van der Waals surface area (Å²) >= 11 is 6.19. The van der Waals surface area contributed by atoms with Crippen LogP contribution in [-0.4, -0.2) is 69.8 Å². The largest absolute Gasteiger partial charge is 0.496 e. The Morgan fingerprint density at radius 2 is 1.77 bits per heavy atom. The second kappa shape index (κ2) is 11.9. The molecule has 0 radical (unpaired) electrons. The van der Waals surface area contributed by atoms with E-state index in [0.29, 0.717) is 27.4 Å². The number of hydrogen-bond donors (Lipinski definition) is 1. The molecule has 210 valence electrons. The molecule has 11 heteroatoms. The number of aromatic amines is 1. The van der Waals surface area contributed by atoms with Gasteiger partial charge in [-0.25, -0.2) is 13.2 Å². The Hall–Kier alpha value is -3.57. The number of halogens is 1. The van der Waals surface area contributed by atoms with Crippen molar-refractivity contribution in [2.24, 2.45) is 0 Å². The van der Waals surface area contributed by atoms with E-state index in [2.05, 4.69) is 4.98 Å². The molecule has 1 aliphatic heterocycles. The highest BCUT2D eigenvalue weighted by molar-refractivity contribution is 7.89. The minimum Gasteiger partial charge on any atom is -0.496 e. The van der Waals surface area contributed by atoms with Crippen LogP contribution in [0.15, 0.2) is 71.6 Å². The maximum atomic E-state index is 14.0. The topological polar surface area (TPSA) is 107 Å². The van der Waals surface area contributed by atoms with Crippen molar-refractivity contribution >= 4 is 38.5 Å². The van der Waals surface area contributed by atoms with Gasteiger partial charge in [0.05, 0.1) is 20.3 Å². The maximum Gasteiger partial charge on any atom is 0.356 e. The number of rotatable bonds is 9. The lowest BCUT2D eigenvalue weighted by Gasteiger charge is -2.32. The number of methoxy groups -OCH3 is 1. The fourth-order valence-corrected chi connectivity index (χ4v) is 6.71. The summed E-state index contributed by atoms with van der Waals surface area (Å²) in [6.07, 6.45) is -0.547. The fraction of sp³-hybridized carbons (Fsp3) is 0.276. The molecule has 1 aliphatic rings. The summed E-state index contributed by atoms with van der Waals surface area (Å²) < 4.78 is 52.0. The number of nitrogens with zero attached hydrogens (tertiary/aromatic N) is 1. The molecule has 1 aromatic heterocycles. The number of fused-ring (bicyclic) bond motifs is 1. The molecule has 0 bridgehead atoms. The number of nitrogens with one attached hydrogen (secondary N) is 1. The van der Waals surface area contributed by atoms with E-state index in [4.69, 9.17) is 30.5 Å². The van der Waals surface area contributed by atoms with Gasteiger partial charge >= 0.3 is 5.97 Å². The van der Waals surface area contributed by atoms with Gasteiger partial charge in [-0.05, 0) is 37.3 Å². The Kier molecular flexibility index (Phi) is 8.32. The Bertz CT molecular complexity index is 1640. The number of carbonyl (C=O) groups is 1. The van der Waals surface area contributed by atoms with Crippen LogP contribution in [0.4, 0.5) is 0 Å². The third kappa shape index (κ3) is 5.53. The third-order valence-corrected chi connectivity index (χ3v) is 8.79. The van der Waals surface area contributed by atoms with E-state index in [-0.39, 0.29) is 43.5 Å². The van der Waals surface area contributed by atoms with Gasteiger partial charge in [0, 0.05) is 40.1 Å². The predicted octanol–water partition coefficient (Wildman–Crippen LogP) is 5.14. The van der Waals surface area contributed by atoms with E-state index in [1.807, 2.05) is 48.5 Å². The molecule has 9 nitrogen and oxygen atoms in total. The van der Waals surface area contributed by atoms with E-state index in [1.54, 1.807) is 26.2 Å². The molecule has 1 atom stereocenters. The monoisotopic (exact) mass is 584 g/mol. The van der Waals surface area contributed by atoms with Crippen molar-refractivity contribution in [2.75, 3.05) is 40.0 Å². The first kappa shape index (κ1) is 28.0. The lowest BCUT2D eigenvalue weighted by atomic mass is 10.0. The zero-order valence-electron chi connectivity index (χ0n) is 22.1. The minimum atomic E-state index is -4.14. The molecule has 0 unspecified atom stereocenters. The molecule has 0 amide bonds. The van der Waals surface area contributed by atoms with Crippen LogP contribution in [-0.2, 0) is 19.5 Å². The zero-order chi connectivity index (χ0) is 28.3. The van der Waals surface area contributed by atoms with Crippen molar-refractivity contribution in [2.45, 2.75) is 17.9 Å². The quantitative estimate of drug-likeness (QED) is 0.271. The minimum absolute atomic E-state index is 0.0364. The number of morpholine rings is 1. The molecular weight excluding hydrogens is 556 g/mol. The van der Waals surface area contributed by atoms with Crippen LogP contribution in [0, 0.1) is 0 Å². The van der Waals surface area contributed by atoms with Crippen LogP contribution in [0.2, 0.25) is 5.02 Å². The number of para-hydroxylation sites is 2. The van der Waals surface area contributed by atoms with Gasteiger partial charge in [-0.3, -0.25) is 0 Å². The summed E-state index contributed by atoms with van der Waals surface area (Å²) in [6.45, 7) is 2.19. The smallest absolute Gasteiger partial charge is 0.356 e. The number of aromatic nitrogens is 1. The van der Waals surface area contributed by atoms with Crippen molar-refractivity contribution in [1.82, 2.24) is 9.29 Å². The summed E-state index contributed by atoms with van der Waals surface area (Å²) in [6, 6.07) is 20.0. The number of H-pyrrole nitrogens is 1. The molecular formula is C29H29ClN2O7S. The second-order valence-corrected chi connectivity index (χ2v) is 11.4. The van der Waals surface area contributed by atoms with Gasteiger partial charge in [0.1, 0.15) is 34.8 Å². The van der Waals surface area contributed by atoms with E-state index < -0.39 is 22.1 Å². The first-order chi connectivity index (χ1) is 19.3. The number of esters is 1. The first-order valence-corrected chi connectivity index (χ1v) is 14.6. The highest BCUT2D eigenvalue weighted by Gasteiger charge is 2.37. The van der Waals surface area contributed by atoms with Gasteiger partial charge < -0.3 is 23.9 Å². The van der Waals surface area contributed by atoms with Gasteiger partial charge in [-0.2, -0.15) is 4.31 Å². The standard InChI is InChI=1S/C29H29ClN2O7S/c1-3-37-29(33)27-28(23-16-19(30)12-13-24(23)31-27)40(34,35)32-14-15-38-20(17-32)18-39-26-11-7-5-9-22(26)21-8-4-6-10-25(21)36-2/h4-13,16,20,31H,3,14-15,17-18H2,1-2H3/t20-/m0/s1. The normalized spacial score (nSPS) is 16.1. The molecule has 5 rings (SSSR count). The molecule has 2 heterocycles. The lowest BCUT2D eigenvalue weighted by molar-refractivity contribution is -0.0248. The van der Waals surface area contributed by atoms with E-state index in [0.717, 1.165) is 11.1 Å². The number of ether oxygens (including phenoxy) is 4. The molecule has 1 fully saturated rings. The van der Waals surface area contributed by atoms with Crippen molar-refractivity contribution in [3.8, 4) is 22.6 Å². The molecule has 40 heavy (non-hydrogen) atoms. The highest BCUT2D eigenvalue weighted by atomic mass is 35.5. The van der Waals surface area contributed by atoms with Crippen molar-refractivity contribution in [1.29, 1.82) is 0 Å². The van der Waals surface area contributed by atoms with Gasteiger partial charge in [-0.15, -0.1) is 0 Å². The van der Waals surface area contributed by atoms with Crippen LogP contribution in [0.25, 0.3) is 22.0 Å². The highest BCUT2D eigenvalue weighted by Crippen LogP contribution is 2.37. The number of carbonyl (C=O) groups excluding carboxylic acids is 1. The summed E-state index contributed by atoms with van der Waals surface area (Å²) in [5, 5.41) is 0.668. The number of hydrogen-bond acceptors (Lipinski definition) is 7. The number of sulfonamides is 1. The molecule has 1 saturated heterocycles. The van der Waals surface area contributed by atoms with Gasteiger partial charge in [0.2, 0.25) is 10.0 Å². The van der Waals surface area contributed by atoms with Gasteiger partial charge in [-0.1, -0.05) is 48.0 Å². The molecule has 1 N–H and O–H groups in total. The van der Waals surface area contributed by atoms with Gasteiger partial charge in [0.25, 0.3) is 0 Å². The Labute approximate surface area is 237 Å². The van der Waals surface area contributed by atoms with E-state index in [1.165, 1.54) is 10.4 Å². The fourth-order valence-electron chi connectivity index (χ4n) is 4.76. The molecule has 0 saturated carbocycles. The Morgan fingerprint density at radius 1 is 1.07 bits per heavy atom. The SMILES string of the molecule is CCOC(=O)c1[nH]c2ccc(Cl)cc2c1S(=O)(=O)N1CCO[C@H](COc2ccccc2-c2ccccc2OC)C1. The van der Waals surface area contributed by atoms with Crippen molar-refractivity contribution in [3.63, 3.8) is 0 Å². The first-order valence-electron chi connectivity index (χ1n) is 12.8. The van der Waals surface area contributed by atoms with Crippen LogP contribution >= 0.6 is 11.6 Å². The van der Waals surface area contributed by atoms with E-state index >= 15 is 0 Å². The Morgan fingerprint density at radius 3 is 2.50 bits per heavy atom. The van der Waals surface area contributed by atoms with Crippen LogP contribution < -0.4 is 9.47 Å². The number of benzene rings is 3. The summed E-state index contributed by atoms with van der Waals surface area (Å²) in [4.78, 5) is 15.5. The summed E-state index contributed by atoms with van der Waals surface area (Å²) in [5.41, 5.74) is 2.05. The van der Waals surface area contributed by atoms with Crippen LogP contribution in [0.1, 0.15) is 17.4 Å². The van der Waals surface area contributed by atoms with Crippen molar-refractivity contribution in [3.05, 3.63) is 77.4 Å². The van der Waals surface area contributed by atoms with Gasteiger partial charge in [0.15, 0.2) is 0 Å². The predicted molar refractivity (Wildman–Crippen MR) is 152 cm³/mol. The van der Waals surface area contributed by atoms with Crippen LogP contribution in [0.5, 0.6) is 11.5 Å². The molecule has 3 aromatic carbocycles. The molecule has 0 aliphatic carbocycles. The molecule has 4 aromatic rings. The zero-order valence-corrected chi connectivity index (χ0v) is 23.6. The average molecular weight is 585 g/mol. The lowest BCUT2D eigenvalue weighted by Crippen LogP contribution is -2.47. The second-order valence-electron chi connectivity index (χ2n) is 9.10. The van der Waals surface area contributed by atoms with E-state index in [9.17, 15) is 13.2 Å². The third-order valence-electron chi connectivity index (χ3n) is 6.60. The maximum absolute atomic E-state index is 14.0. The van der Waals surface area contributed by atoms with Crippen molar-refractivity contribution < 1.29 is 32.2 Å². The average Bonchev–Trinajstić information content (AvgIpc) is 3.36. The van der Waals surface area contributed by atoms with Crippen LogP contribution in [0.3, 0.4) is 0 Å². The molecule has 0 spiro atoms. The summed E-state index contributed by atoms with van der Waals surface area (Å²) in [7, 11) is -2.53. The summed E-state index contributed by atoms with van der Waals surface area (Å²) in [5.74, 6) is 0.571. The Balaban J connectivity index is 1.40.